The van der Waals surface area contributed by atoms with Crippen molar-refractivity contribution in [3.8, 4) is 0 Å². The largest absolute Gasteiger partial charge is 0.389 e. The molecule has 0 amide bonds. The lowest BCUT2D eigenvalue weighted by Crippen LogP contribution is -2.25. The van der Waals surface area contributed by atoms with E-state index in [2.05, 4.69) is 0 Å². The van der Waals surface area contributed by atoms with Crippen LogP contribution in [0.3, 0.4) is 0 Å². The Labute approximate surface area is 100 Å². The second kappa shape index (κ2) is 5.40. The van der Waals surface area contributed by atoms with Crippen molar-refractivity contribution in [2.24, 2.45) is 0 Å². The molecule has 0 spiro atoms. The number of rotatable bonds is 4. The van der Waals surface area contributed by atoms with Gasteiger partial charge < -0.3 is 10.2 Å². The Balaban J connectivity index is 1.81. The minimum Gasteiger partial charge on any atom is -0.389 e. The maximum Gasteiger partial charge on any atom is 0.164 e. The second-order valence-corrected chi connectivity index (χ2v) is 4.43. The van der Waals surface area contributed by atoms with E-state index in [1.54, 1.807) is 12.1 Å². The van der Waals surface area contributed by atoms with Crippen LogP contribution in [-0.4, -0.2) is 52.7 Å². The Morgan fingerprint density at radius 3 is 2.35 bits per heavy atom. The number of benzene rings is 1. The molecule has 2 atom stereocenters. The summed E-state index contributed by atoms with van der Waals surface area (Å²) in [6, 6.07) is 9.17. The molecule has 2 unspecified atom stereocenters. The highest BCUT2D eigenvalue weighted by Crippen LogP contribution is 2.11. The number of carbonyl (C=O) groups is 1. The van der Waals surface area contributed by atoms with E-state index < -0.39 is 12.2 Å². The first kappa shape index (κ1) is 12.2. The average molecular weight is 235 g/mol. The summed E-state index contributed by atoms with van der Waals surface area (Å²) in [4.78, 5) is 13.7. The monoisotopic (exact) mass is 235 g/mol. The van der Waals surface area contributed by atoms with Gasteiger partial charge in [-0.05, 0) is 0 Å². The van der Waals surface area contributed by atoms with Crippen molar-refractivity contribution in [2.45, 2.75) is 18.6 Å². The third-order valence-corrected chi connectivity index (χ3v) is 3.09. The van der Waals surface area contributed by atoms with Crippen molar-refractivity contribution in [3.63, 3.8) is 0 Å². The van der Waals surface area contributed by atoms with Crippen LogP contribution in [-0.2, 0) is 0 Å². The first-order valence-electron chi connectivity index (χ1n) is 5.83. The lowest BCUT2D eigenvalue weighted by Gasteiger charge is -2.13. The van der Waals surface area contributed by atoms with Crippen molar-refractivity contribution >= 4 is 5.78 Å². The normalized spacial score (nSPS) is 25.1. The van der Waals surface area contributed by atoms with Crippen LogP contribution in [0.15, 0.2) is 30.3 Å². The third kappa shape index (κ3) is 3.12. The van der Waals surface area contributed by atoms with Gasteiger partial charge in [0.2, 0.25) is 0 Å². The number of nitrogens with zero attached hydrogens (tertiary/aromatic N) is 1. The molecule has 0 bridgehead atoms. The highest BCUT2D eigenvalue weighted by atomic mass is 16.3. The molecule has 17 heavy (non-hydrogen) atoms. The summed E-state index contributed by atoms with van der Waals surface area (Å²) in [7, 11) is 0. The number of likely N-dealkylation sites (tertiary alicyclic amines) is 1. The van der Waals surface area contributed by atoms with Crippen LogP contribution in [0, 0.1) is 0 Å². The molecule has 1 aliphatic heterocycles. The molecule has 0 radical (unpaired) electrons. The number of ketones is 1. The smallest absolute Gasteiger partial charge is 0.164 e. The highest BCUT2D eigenvalue weighted by molar-refractivity contribution is 5.96. The Kier molecular flexibility index (Phi) is 3.89. The minimum absolute atomic E-state index is 0.0986. The summed E-state index contributed by atoms with van der Waals surface area (Å²) in [5, 5.41) is 18.7. The zero-order valence-electron chi connectivity index (χ0n) is 9.62. The zero-order valence-corrected chi connectivity index (χ0v) is 9.62. The van der Waals surface area contributed by atoms with Gasteiger partial charge in [-0.3, -0.25) is 9.69 Å². The molecule has 0 saturated carbocycles. The molecular formula is C13H17NO3. The predicted molar refractivity (Wildman–Crippen MR) is 63.8 cm³/mol. The fraction of sp³-hybridized carbons (Fsp3) is 0.462. The molecule has 1 fully saturated rings. The number of Topliss-reactive ketones (excluding diaryl/α,β-unsaturated/α-hetero) is 1. The van der Waals surface area contributed by atoms with Crippen molar-refractivity contribution in [1.82, 2.24) is 4.90 Å². The van der Waals surface area contributed by atoms with Gasteiger partial charge >= 0.3 is 0 Å². The van der Waals surface area contributed by atoms with Crippen molar-refractivity contribution in [3.05, 3.63) is 35.9 Å². The second-order valence-electron chi connectivity index (χ2n) is 4.43. The maximum atomic E-state index is 11.8. The first-order valence-corrected chi connectivity index (χ1v) is 5.83. The quantitative estimate of drug-likeness (QED) is 0.737. The maximum absolute atomic E-state index is 11.8. The lowest BCUT2D eigenvalue weighted by molar-refractivity contribution is 0.0572. The Morgan fingerprint density at radius 1 is 1.18 bits per heavy atom. The van der Waals surface area contributed by atoms with Gasteiger partial charge in [0.15, 0.2) is 5.78 Å². The van der Waals surface area contributed by atoms with Crippen LogP contribution in [0.5, 0.6) is 0 Å². The zero-order chi connectivity index (χ0) is 12.3. The predicted octanol–water partition coefficient (Wildman–Crippen LogP) is 0.297. The molecule has 1 aromatic carbocycles. The van der Waals surface area contributed by atoms with Crippen LogP contribution in [0.1, 0.15) is 16.8 Å². The van der Waals surface area contributed by atoms with Gasteiger partial charge in [-0.25, -0.2) is 0 Å². The van der Waals surface area contributed by atoms with E-state index in [4.69, 9.17) is 0 Å². The summed E-state index contributed by atoms with van der Waals surface area (Å²) in [6.07, 6.45) is -0.938. The fourth-order valence-electron chi connectivity index (χ4n) is 2.06. The molecule has 4 heteroatoms. The number of aliphatic hydroxyl groups is 2. The van der Waals surface area contributed by atoms with E-state index in [1.165, 1.54) is 0 Å². The van der Waals surface area contributed by atoms with Gasteiger partial charge in [0.25, 0.3) is 0 Å². The van der Waals surface area contributed by atoms with Gasteiger partial charge in [-0.15, -0.1) is 0 Å². The molecule has 4 nitrogen and oxygen atoms in total. The number of hydrogen-bond acceptors (Lipinski definition) is 4. The van der Waals surface area contributed by atoms with Crippen LogP contribution < -0.4 is 0 Å². The minimum atomic E-state index is -0.679. The summed E-state index contributed by atoms with van der Waals surface area (Å²) in [6.45, 7) is 1.48. The number of hydrogen-bond donors (Lipinski definition) is 2. The average Bonchev–Trinajstić information content (AvgIpc) is 2.67. The molecule has 2 N–H and O–H groups in total. The molecule has 1 aliphatic rings. The summed E-state index contributed by atoms with van der Waals surface area (Å²) < 4.78 is 0. The number of carbonyl (C=O) groups excluding carboxylic acids is 1. The number of aliphatic hydroxyl groups excluding tert-OH is 2. The SMILES string of the molecule is O=C(CCN1CC(O)C(O)C1)c1ccccc1. The van der Waals surface area contributed by atoms with Crippen LogP contribution in [0.4, 0.5) is 0 Å². The Morgan fingerprint density at radius 2 is 1.76 bits per heavy atom. The van der Waals surface area contributed by atoms with Gasteiger partial charge in [-0.2, -0.15) is 0 Å². The van der Waals surface area contributed by atoms with Crippen molar-refractivity contribution in [2.75, 3.05) is 19.6 Å². The van der Waals surface area contributed by atoms with Crippen LogP contribution >= 0.6 is 0 Å². The van der Waals surface area contributed by atoms with Gasteiger partial charge in [0.05, 0.1) is 12.2 Å². The molecule has 1 heterocycles. The highest BCUT2D eigenvalue weighted by Gasteiger charge is 2.29. The molecule has 0 aromatic heterocycles. The van der Waals surface area contributed by atoms with E-state index in [-0.39, 0.29) is 5.78 Å². The third-order valence-electron chi connectivity index (χ3n) is 3.09. The Hall–Kier alpha value is -1.23. The lowest BCUT2D eigenvalue weighted by atomic mass is 10.1. The van der Waals surface area contributed by atoms with E-state index in [0.29, 0.717) is 31.6 Å². The van der Waals surface area contributed by atoms with E-state index in [1.807, 2.05) is 23.1 Å². The molecule has 2 rings (SSSR count). The van der Waals surface area contributed by atoms with Gasteiger partial charge in [-0.1, -0.05) is 30.3 Å². The fourth-order valence-corrected chi connectivity index (χ4v) is 2.06. The molecular weight excluding hydrogens is 218 g/mol. The van der Waals surface area contributed by atoms with E-state index in [0.717, 1.165) is 0 Å². The van der Waals surface area contributed by atoms with Crippen molar-refractivity contribution < 1.29 is 15.0 Å². The van der Waals surface area contributed by atoms with Gasteiger partial charge in [0, 0.05) is 31.6 Å². The standard InChI is InChI=1S/C13H17NO3/c15-11(10-4-2-1-3-5-10)6-7-14-8-12(16)13(17)9-14/h1-5,12-13,16-17H,6-9H2. The van der Waals surface area contributed by atoms with Crippen LogP contribution in [0.2, 0.25) is 0 Å². The Bertz CT molecular complexity index is 370. The molecule has 1 aromatic rings. The first-order chi connectivity index (χ1) is 8.16. The topological polar surface area (TPSA) is 60.8 Å². The van der Waals surface area contributed by atoms with Gasteiger partial charge in [0.1, 0.15) is 0 Å². The molecule has 92 valence electrons. The van der Waals surface area contributed by atoms with E-state index in [9.17, 15) is 15.0 Å². The van der Waals surface area contributed by atoms with E-state index >= 15 is 0 Å². The summed E-state index contributed by atoms with van der Waals surface area (Å²) in [5.74, 6) is 0.0986. The number of β-amino-alcohol motifs (C(OH)–C–C–N with tert-alkyl or cyclic N) is 2. The van der Waals surface area contributed by atoms with Crippen molar-refractivity contribution in [1.29, 1.82) is 0 Å². The van der Waals surface area contributed by atoms with Crippen LogP contribution in [0.25, 0.3) is 0 Å². The summed E-state index contributed by atoms with van der Waals surface area (Å²) >= 11 is 0. The summed E-state index contributed by atoms with van der Waals surface area (Å²) in [5.41, 5.74) is 0.716. The molecule has 1 saturated heterocycles. The molecule has 0 aliphatic carbocycles.